The number of thiophene rings is 1. The molecule has 0 aliphatic carbocycles. The molecule has 0 aliphatic rings. The first-order valence-electron chi connectivity index (χ1n) is 4.65. The molecular formula is C10H13NO4S. The van der Waals surface area contributed by atoms with Crippen molar-refractivity contribution in [1.82, 2.24) is 5.32 Å². The van der Waals surface area contributed by atoms with E-state index in [0.717, 1.165) is 5.56 Å². The maximum absolute atomic E-state index is 11.5. The van der Waals surface area contributed by atoms with Crippen LogP contribution in [0.2, 0.25) is 0 Å². The van der Waals surface area contributed by atoms with E-state index < -0.39 is 12.0 Å². The van der Waals surface area contributed by atoms with Crippen LogP contribution in [0.3, 0.4) is 0 Å². The largest absolute Gasteiger partial charge is 0.480 e. The molecule has 6 heteroatoms. The Morgan fingerprint density at radius 3 is 2.88 bits per heavy atom. The second-order valence-corrected chi connectivity index (χ2v) is 4.00. The zero-order valence-corrected chi connectivity index (χ0v) is 9.62. The number of carbonyl (C=O) groups excluding carboxylic acids is 1. The zero-order valence-electron chi connectivity index (χ0n) is 8.80. The molecule has 0 saturated heterocycles. The highest BCUT2D eigenvalue weighted by Crippen LogP contribution is 2.06. The van der Waals surface area contributed by atoms with Gasteiger partial charge in [0.2, 0.25) is 5.91 Å². The minimum atomic E-state index is -1.10. The first kappa shape index (κ1) is 12.7. The van der Waals surface area contributed by atoms with E-state index in [2.05, 4.69) is 5.32 Å². The Morgan fingerprint density at radius 2 is 2.38 bits per heavy atom. The number of carboxylic acids is 1. The molecule has 88 valence electrons. The van der Waals surface area contributed by atoms with E-state index in [0.29, 0.717) is 0 Å². The average molecular weight is 243 g/mol. The fourth-order valence-electron chi connectivity index (χ4n) is 1.17. The molecular weight excluding hydrogens is 230 g/mol. The number of hydrogen-bond donors (Lipinski definition) is 2. The summed E-state index contributed by atoms with van der Waals surface area (Å²) in [7, 11) is 1.39. The second-order valence-electron chi connectivity index (χ2n) is 3.22. The first-order chi connectivity index (χ1) is 7.63. The molecule has 1 heterocycles. The van der Waals surface area contributed by atoms with Crippen molar-refractivity contribution in [2.75, 3.05) is 13.7 Å². The van der Waals surface area contributed by atoms with Gasteiger partial charge >= 0.3 is 5.97 Å². The van der Waals surface area contributed by atoms with Crippen LogP contribution in [0.25, 0.3) is 0 Å². The molecule has 1 amide bonds. The van der Waals surface area contributed by atoms with Crippen molar-refractivity contribution >= 4 is 23.2 Å². The number of carbonyl (C=O) groups is 2. The molecule has 5 nitrogen and oxygen atoms in total. The van der Waals surface area contributed by atoms with Gasteiger partial charge in [-0.05, 0) is 22.4 Å². The number of ether oxygens (including phenoxy) is 1. The van der Waals surface area contributed by atoms with Crippen LogP contribution < -0.4 is 5.32 Å². The van der Waals surface area contributed by atoms with E-state index in [4.69, 9.17) is 9.84 Å². The van der Waals surface area contributed by atoms with Crippen molar-refractivity contribution in [2.45, 2.75) is 12.5 Å². The third kappa shape index (κ3) is 4.00. The standard InChI is InChI=1S/C10H13NO4S/c1-15-5-8(10(13)14)11-9(12)4-7-2-3-16-6-7/h2-3,6,8H,4-5H2,1H3,(H,11,12)(H,13,14). The molecule has 2 N–H and O–H groups in total. The Labute approximate surface area is 97.0 Å². The van der Waals surface area contributed by atoms with Gasteiger partial charge in [0.15, 0.2) is 6.04 Å². The number of nitrogens with one attached hydrogen (secondary N) is 1. The van der Waals surface area contributed by atoms with Gasteiger partial charge in [-0.3, -0.25) is 4.79 Å². The maximum atomic E-state index is 11.5. The van der Waals surface area contributed by atoms with Crippen molar-refractivity contribution < 1.29 is 19.4 Å². The number of aliphatic carboxylic acids is 1. The lowest BCUT2D eigenvalue weighted by Gasteiger charge is -2.12. The lowest BCUT2D eigenvalue weighted by Crippen LogP contribution is -2.44. The second kappa shape index (κ2) is 6.24. The summed E-state index contributed by atoms with van der Waals surface area (Å²) in [6.07, 6.45) is 0.191. The van der Waals surface area contributed by atoms with Gasteiger partial charge in [-0.1, -0.05) is 0 Å². The predicted molar refractivity (Wildman–Crippen MR) is 59.5 cm³/mol. The summed E-state index contributed by atoms with van der Waals surface area (Å²) < 4.78 is 4.71. The molecule has 0 saturated carbocycles. The number of hydrogen-bond acceptors (Lipinski definition) is 4. The predicted octanol–water partition coefficient (Wildman–Crippen LogP) is 0.506. The molecule has 0 bridgehead atoms. The molecule has 0 radical (unpaired) electrons. The molecule has 0 aliphatic heterocycles. The van der Waals surface area contributed by atoms with E-state index >= 15 is 0 Å². The SMILES string of the molecule is COCC(NC(=O)Cc1ccsc1)C(=O)O. The average Bonchev–Trinajstić information content (AvgIpc) is 2.69. The van der Waals surface area contributed by atoms with Crippen LogP contribution in [0.4, 0.5) is 0 Å². The van der Waals surface area contributed by atoms with Crippen LogP contribution in [0.15, 0.2) is 16.8 Å². The monoisotopic (exact) mass is 243 g/mol. The highest BCUT2D eigenvalue weighted by Gasteiger charge is 2.19. The van der Waals surface area contributed by atoms with Crippen molar-refractivity contribution in [3.05, 3.63) is 22.4 Å². The Morgan fingerprint density at radius 1 is 1.62 bits per heavy atom. The van der Waals surface area contributed by atoms with Gasteiger partial charge in [0, 0.05) is 7.11 Å². The zero-order chi connectivity index (χ0) is 12.0. The van der Waals surface area contributed by atoms with E-state index in [-0.39, 0.29) is 18.9 Å². The third-order valence-electron chi connectivity index (χ3n) is 1.91. The molecule has 1 aromatic heterocycles. The van der Waals surface area contributed by atoms with E-state index in [1.807, 2.05) is 16.8 Å². The summed E-state index contributed by atoms with van der Waals surface area (Å²) in [5.74, 6) is -1.41. The molecule has 16 heavy (non-hydrogen) atoms. The highest BCUT2D eigenvalue weighted by atomic mass is 32.1. The summed E-state index contributed by atoms with van der Waals surface area (Å²) in [4.78, 5) is 22.2. The van der Waals surface area contributed by atoms with Crippen LogP contribution >= 0.6 is 11.3 Å². The summed E-state index contributed by atoms with van der Waals surface area (Å²) in [5.41, 5.74) is 0.879. The minimum Gasteiger partial charge on any atom is -0.480 e. The molecule has 1 atom stereocenters. The van der Waals surface area contributed by atoms with Gasteiger partial charge in [-0.2, -0.15) is 11.3 Å². The summed E-state index contributed by atoms with van der Waals surface area (Å²) >= 11 is 1.50. The van der Waals surface area contributed by atoms with Gasteiger partial charge < -0.3 is 15.2 Å². The molecule has 1 rings (SSSR count). The minimum absolute atomic E-state index is 0.0370. The van der Waals surface area contributed by atoms with Crippen LogP contribution in [0, 0.1) is 0 Å². The summed E-state index contributed by atoms with van der Waals surface area (Å²) in [6.45, 7) is -0.0370. The lowest BCUT2D eigenvalue weighted by molar-refractivity contribution is -0.143. The van der Waals surface area contributed by atoms with Gasteiger partial charge in [0.05, 0.1) is 13.0 Å². The van der Waals surface area contributed by atoms with Crippen LogP contribution in [0.1, 0.15) is 5.56 Å². The lowest BCUT2D eigenvalue weighted by atomic mass is 10.2. The topological polar surface area (TPSA) is 75.6 Å². The van der Waals surface area contributed by atoms with Gasteiger partial charge in [-0.15, -0.1) is 0 Å². The Balaban J connectivity index is 2.45. The van der Waals surface area contributed by atoms with Crippen molar-refractivity contribution in [1.29, 1.82) is 0 Å². The van der Waals surface area contributed by atoms with Crippen LogP contribution in [-0.2, 0) is 20.7 Å². The molecule has 0 aromatic carbocycles. The normalized spacial score (nSPS) is 12.1. The van der Waals surface area contributed by atoms with E-state index in [1.54, 1.807) is 0 Å². The number of rotatable bonds is 6. The molecule has 1 unspecified atom stereocenters. The Hall–Kier alpha value is -1.40. The number of carboxylic acid groups (broad SMARTS) is 1. The van der Waals surface area contributed by atoms with Crippen LogP contribution in [-0.4, -0.2) is 36.7 Å². The highest BCUT2D eigenvalue weighted by molar-refractivity contribution is 7.07. The fraction of sp³-hybridized carbons (Fsp3) is 0.400. The van der Waals surface area contributed by atoms with Crippen molar-refractivity contribution in [3.63, 3.8) is 0 Å². The van der Waals surface area contributed by atoms with Crippen molar-refractivity contribution in [3.8, 4) is 0 Å². The fourth-order valence-corrected chi connectivity index (χ4v) is 1.83. The van der Waals surface area contributed by atoms with Gasteiger partial charge in [0.1, 0.15) is 0 Å². The quantitative estimate of drug-likeness (QED) is 0.763. The molecule has 1 aromatic rings. The third-order valence-corrected chi connectivity index (χ3v) is 2.64. The Kier molecular flexibility index (Phi) is 4.94. The van der Waals surface area contributed by atoms with Gasteiger partial charge in [0.25, 0.3) is 0 Å². The van der Waals surface area contributed by atoms with E-state index in [9.17, 15) is 9.59 Å². The summed E-state index contributed by atoms with van der Waals surface area (Å²) in [6, 6.07) is 0.840. The van der Waals surface area contributed by atoms with E-state index in [1.165, 1.54) is 18.4 Å². The van der Waals surface area contributed by atoms with Crippen molar-refractivity contribution in [2.24, 2.45) is 0 Å². The number of amides is 1. The molecule has 0 spiro atoms. The Bertz CT molecular complexity index is 350. The number of methoxy groups -OCH3 is 1. The van der Waals surface area contributed by atoms with Gasteiger partial charge in [-0.25, -0.2) is 4.79 Å². The smallest absolute Gasteiger partial charge is 0.328 e. The first-order valence-corrected chi connectivity index (χ1v) is 5.60. The maximum Gasteiger partial charge on any atom is 0.328 e. The molecule has 0 fully saturated rings. The summed E-state index contributed by atoms with van der Waals surface area (Å²) in [5, 5.41) is 14.9. The van der Waals surface area contributed by atoms with Crippen LogP contribution in [0.5, 0.6) is 0 Å².